The van der Waals surface area contributed by atoms with Crippen LogP contribution in [0.4, 0.5) is 18.9 Å². The fourth-order valence-corrected chi connectivity index (χ4v) is 4.21. The number of hydrogen-bond acceptors (Lipinski definition) is 8. The summed E-state index contributed by atoms with van der Waals surface area (Å²) in [5.74, 6) is -2.00. The van der Waals surface area contributed by atoms with Crippen molar-refractivity contribution in [2.24, 2.45) is 0 Å². The number of aliphatic hydroxyl groups is 1. The largest absolute Gasteiger partial charge is 0.573 e. The van der Waals surface area contributed by atoms with E-state index in [4.69, 9.17) is 4.74 Å². The summed E-state index contributed by atoms with van der Waals surface area (Å²) in [4.78, 5) is 55.0. The van der Waals surface area contributed by atoms with Gasteiger partial charge in [0, 0.05) is 56.1 Å². The van der Waals surface area contributed by atoms with Crippen molar-refractivity contribution in [1.82, 2.24) is 19.8 Å². The second kappa shape index (κ2) is 11.4. The molecule has 0 unspecified atom stereocenters. The van der Waals surface area contributed by atoms with Crippen LogP contribution in [0.3, 0.4) is 0 Å². The summed E-state index contributed by atoms with van der Waals surface area (Å²) >= 11 is 0. The average Bonchev–Trinajstić information content (AvgIpc) is 3.19. The molecule has 0 aliphatic carbocycles. The summed E-state index contributed by atoms with van der Waals surface area (Å²) in [7, 11) is 0. The first-order chi connectivity index (χ1) is 18.0. The van der Waals surface area contributed by atoms with Gasteiger partial charge in [0.15, 0.2) is 0 Å². The van der Waals surface area contributed by atoms with Crippen LogP contribution in [0.1, 0.15) is 22.5 Å². The van der Waals surface area contributed by atoms with E-state index in [-0.39, 0.29) is 36.5 Å². The molecule has 4 rings (SSSR count). The lowest BCUT2D eigenvalue weighted by atomic mass is 10.1. The van der Waals surface area contributed by atoms with Gasteiger partial charge in [0.05, 0.1) is 32.3 Å². The Morgan fingerprint density at radius 3 is 2.53 bits per heavy atom. The molecule has 1 aromatic carbocycles. The smallest absolute Gasteiger partial charge is 0.405 e. The molecular formula is C23H26F3N5O7. The Morgan fingerprint density at radius 1 is 1.16 bits per heavy atom. The molecule has 2 aliphatic rings. The van der Waals surface area contributed by atoms with Gasteiger partial charge in [-0.2, -0.15) is 0 Å². The number of halogens is 3. The van der Waals surface area contributed by atoms with E-state index in [1.54, 1.807) is 0 Å². The highest BCUT2D eigenvalue weighted by atomic mass is 19.4. The molecule has 2 aliphatic heterocycles. The van der Waals surface area contributed by atoms with E-state index < -0.39 is 47.8 Å². The maximum Gasteiger partial charge on any atom is 0.573 e. The van der Waals surface area contributed by atoms with Gasteiger partial charge < -0.3 is 29.8 Å². The van der Waals surface area contributed by atoms with Gasteiger partial charge in [-0.25, -0.2) is 4.79 Å². The number of nitrogens with one attached hydrogen (secondary N) is 2. The second-order valence-electron chi connectivity index (χ2n) is 8.82. The van der Waals surface area contributed by atoms with Crippen LogP contribution < -0.4 is 26.2 Å². The van der Waals surface area contributed by atoms with Crippen LogP contribution in [0, 0.1) is 0 Å². The molecule has 15 heteroatoms. The van der Waals surface area contributed by atoms with Crippen molar-refractivity contribution < 1.29 is 37.3 Å². The number of amides is 2. The Morgan fingerprint density at radius 2 is 1.89 bits per heavy atom. The zero-order chi connectivity index (χ0) is 27.4. The first-order valence-corrected chi connectivity index (χ1v) is 11.8. The van der Waals surface area contributed by atoms with Crippen LogP contribution in [0.15, 0.2) is 33.9 Å². The number of ether oxygens (including phenoxy) is 2. The number of carbonyl (C=O) groups excluding carboxylic acids is 2. The molecule has 0 saturated carbocycles. The maximum atomic E-state index is 13.0. The lowest BCUT2D eigenvalue weighted by molar-refractivity contribution is -0.274. The normalized spacial score (nSPS) is 18.6. The highest BCUT2D eigenvalue weighted by Gasteiger charge is 2.34. The third-order valence-electron chi connectivity index (χ3n) is 6.14. The number of β-amino-alcohol motifs (C(OH)–C–C–N with tert-alkyl or cyclic N) is 1. The van der Waals surface area contributed by atoms with E-state index in [0.29, 0.717) is 32.8 Å². The van der Waals surface area contributed by atoms with Gasteiger partial charge in [0.1, 0.15) is 11.4 Å². The molecule has 0 radical (unpaired) electrons. The molecule has 0 bridgehead atoms. The first kappa shape index (κ1) is 27.3. The van der Waals surface area contributed by atoms with E-state index >= 15 is 0 Å². The predicted molar refractivity (Wildman–Crippen MR) is 126 cm³/mol. The first-order valence-electron chi connectivity index (χ1n) is 11.8. The fourth-order valence-electron chi connectivity index (χ4n) is 4.21. The van der Waals surface area contributed by atoms with Crippen molar-refractivity contribution in [3.8, 4) is 5.75 Å². The van der Waals surface area contributed by atoms with Crippen molar-refractivity contribution in [2.75, 3.05) is 44.3 Å². The lowest BCUT2D eigenvalue weighted by Gasteiger charge is -2.26. The van der Waals surface area contributed by atoms with Crippen molar-refractivity contribution in [2.45, 2.75) is 32.0 Å². The summed E-state index contributed by atoms with van der Waals surface area (Å²) in [6, 6.07) is 4.53. The van der Waals surface area contributed by atoms with Gasteiger partial charge in [-0.05, 0) is 6.07 Å². The van der Waals surface area contributed by atoms with E-state index in [9.17, 15) is 37.5 Å². The van der Waals surface area contributed by atoms with Gasteiger partial charge in [-0.1, -0.05) is 6.07 Å². The minimum Gasteiger partial charge on any atom is -0.405 e. The van der Waals surface area contributed by atoms with Crippen LogP contribution >= 0.6 is 0 Å². The third-order valence-corrected chi connectivity index (χ3v) is 6.14. The topological polar surface area (TPSA) is 146 Å². The molecule has 206 valence electrons. The number of rotatable bonds is 8. The van der Waals surface area contributed by atoms with Crippen LogP contribution in [0.5, 0.6) is 5.75 Å². The Labute approximate surface area is 213 Å². The number of morpholine rings is 1. The summed E-state index contributed by atoms with van der Waals surface area (Å²) in [5, 5.41) is 12.0. The summed E-state index contributed by atoms with van der Waals surface area (Å²) in [5.41, 5.74) is -1.83. The number of H-pyrrole nitrogens is 1. The number of alkyl halides is 3. The number of carbonyl (C=O) groups is 2. The molecule has 1 atom stereocenters. The summed E-state index contributed by atoms with van der Waals surface area (Å²) < 4.78 is 49.4. The molecular weight excluding hydrogens is 515 g/mol. The van der Waals surface area contributed by atoms with Crippen molar-refractivity contribution >= 4 is 17.5 Å². The minimum atomic E-state index is -5.05. The highest BCUT2D eigenvalue weighted by molar-refractivity contribution is 5.96. The maximum absolute atomic E-state index is 13.0. The number of benzene rings is 1. The summed E-state index contributed by atoms with van der Waals surface area (Å²) in [6.45, 7) is 2.49. The van der Waals surface area contributed by atoms with Crippen LogP contribution in [0.2, 0.25) is 0 Å². The number of nitrogens with zero attached hydrogens (tertiary/aromatic N) is 3. The van der Waals surface area contributed by atoms with Gasteiger partial charge in [0.25, 0.3) is 11.5 Å². The number of aromatic amines is 1. The van der Waals surface area contributed by atoms with E-state index in [1.165, 1.54) is 12.1 Å². The SMILES string of the molecule is O=C(NCc1ccc(N2C[C@@H](O)CC2=O)cc1OC(F)(F)F)c1cc(=O)n(CCN2CCOCC2)c(=O)[nH]1. The monoisotopic (exact) mass is 541 g/mol. The fraction of sp³-hybridized carbons (Fsp3) is 0.478. The van der Waals surface area contributed by atoms with E-state index in [2.05, 4.69) is 15.0 Å². The third kappa shape index (κ3) is 6.79. The average molecular weight is 541 g/mol. The summed E-state index contributed by atoms with van der Waals surface area (Å²) in [6.07, 6.45) is -6.15. The van der Waals surface area contributed by atoms with Crippen molar-refractivity contribution in [1.29, 1.82) is 0 Å². The molecule has 0 spiro atoms. The molecule has 1 aromatic heterocycles. The number of aromatic nitrogens is 2. The molecule has 2 amide bonds. The molecule has 38 heavy (non-hydrogen) atoms. The molecule has 2 saturated heterocycles. The van der Waals surface area contributed by atoms with E-state index in [0.717, 1.165) is 21.6 Å². The number of hydrogen-bond donors (Lipinski definition) is 3. The molecule has 2 fully saturated rings. The Hall–Kier alpha value is -3.69. The van der Waals surface area contributed by atoms with Gasteiger partial charge in [-0.3, -0.25) is 23.9 Å². The zero-order valence-electron chi connectivity index (χ0n) is 20.1. The predicted octanol–water partition coefficient (Wildman–Crippen LogP) is -0.205. The van der Waals surface area contributed by atoms with Crippen molar-refractivity contribution in [3.63, 3.8) is 0 Å². The van der Waals surface area contributed by atoms with Gasteiger partial charge in [0.2, 0.25) is 5.91 Å². The van der Waals surface area contributed by atoms with Crippen molar-refractivity contribution in [3.05, 3.63) is 56.4 Å². The van der Waals surface area contributed by atoms with Crippen LogP contribution in [0.25, 0.3) is 0 Å². The highest BCUT2D eigenvalue weighted by Crippen LogP contribution is 2.32. The molecule has 3 heterocycles. The second-order valence-corrected chi connectivity index (χ2v) is 8.82. The number of aliphatic hydroxyl groups excluding tert-OH is 1. The zero-order valence-corrected chi connectivity index (χ0v) is 20.1. The van der Waals surface area contributed by atoms with Gasteiger partial charge >= 0.3 is 12.1 Å². The quantitative estimate of drug-likeness (QED) is 0.417. The lowest BCUT2D eigenvalue weighted by Crippen LogP contribution is -2.43. The standard InChI is InChI=1S/C23H26F3N5O7/c24-23(25,26)38-18-9-15(31-13-16(32)10-19(31)33)2-1-14(18)12-27-21(35)17-11-20(34)30(22(36)28-17)4-3-29-5-7-37-8-6-29/h1-2,9,11,16,32H,3-8,10,12-13H2,(H,27,35)(H,28,36)/t16-/m0/s1. The van der Waals surface area contributed by atoms with Gasteiger partial charge in [-0.15, -0.1) is 13.2 Å². The molecule has 2 aromatic rings. The minimum absolute atomic E-state index is 0.0761. The Kier molecular flexibility index (Phi) is 8.18. The van der Waals surface area contributed by atoms with Crippen LogP contribution in [-0.2, 0) is 22.6 Å². The Bertz CT molecular complexity index is 1270. The number of anilines is 1. The Balaban J connectivity index is 1.46. The molecule has 3 N–H and O–H groups in total. The van der Waals surface area contributed by atoms with E-state index in [1.807, 2.05) is 4.90 Å². The van der Waals surface area contributed by atoms with Crippen LogP contribution in [-0.4, -0.2) is 83.2 Å². The molecule has 12 nitrogen and oxygen atoms in total.